The number of benzene rings is 1. The number of carbonyl (C=O) groups is 1. The largest absolute Gasteiger partial charge is 0.478 e. The van der Waals surface area contributed by atoms with Crippen LogP contribution in [0.3, 0.4) is 0 Å². The molecule has 2 rings (SSSR count). The van der Waals surface area contributed by atoms with E-state index < -0.39 is 5.97 Å². The van der Waals surface area contributed by atoms with Crippen LogP contribution in [0, 0.1) is 6.92 Å². The lowest BCUT2D eigenvalue weighted by molar-refractivity contribution is 0.0696. The zero-order valence-corrected chi connectivity index (χ0v) is 11.7. The number of carboxylic acids is 1. The lowest BCUT2D eigenvalue weighted by Crippen LogP contribution is -2.18. The number of carboxylic acid groups (broad SMARTS) is 1. The summed E-state index contributed by atoms with van der Waals surface area (Å²) < 4.78 is 0. The van der Waals surface area contributed by atoms with Crippen molar-refractivity contribution >= 4 is 17.3 Å². The van der Waals surface area contributed by atoms with E-state index in [1.807, 2.05) is 19.2 Å². The van der Waals surface area contributed by atoms with Crippen molar-refractivity contribution < 1.29 is 9.90 Å². The summed E-state index contributed by atoms with van der Waals surface area (Å²) in [6.07, 6.45) is 1.86. The number of aromatic carboxylic acids is 1. The van der Waals surface area contributed by atoms with Gasteiger partial charge in [-0.3, -0.25) is 0 Å². The first-order valence-electron chi connectivity index (χ1n) is 6.04. The third-order valence-corrected chi connectivity index (χ3v) is 3.89. The molecule has 5 heteroatoms. The summed E-state index contributed by atoms with van der Waals surface area (Å²) in [4.78, 5) is 16.4. The van der Waals surface area contributed by atoms with E-state index in [4.69, 9.17) is 5.11 Å². The van der Waals surface area contributed by atoms with Gasteiger partial charge in [-0.2, -0.15) is 0 Å². The SMILES string of the molecule is Cc1cnc(C(C)NCc2cccc(C(=O)O)c2)s1. The van der Waals surface area contributed by atoms with Gasteiger partial charge in [-0.05, 0) is 31.5 Å². The minimum atomic E-state index is -0.898. The van der Waals surface area contributed by atoms with Gasteiger partial charge in [0.25, 0.3) is 0 Å². The van der Waals surface area contributed by atoms with Crippen molar-refractivity contribution in [2.75, 3.05) is 0 Å². The van der Waals surface area contributed by atoms with Gasteiger partial charge < -0.3 is 10.4 Å². The number of nitrogens with zero attached hydrogens (tertiary/aromatic N) is 1. The number of hydrogen-bond donors (Lipinski definition) is 2. The Bertz CT molecular complexity index is 580. The van der Waals surface area contributed by atoms with E-state index in [0.29, 0.717) is 12.1 Å². The van der Waals surface area contributed by atoms with Crippen LogP contribution in [-0.4, -0.2) is 16.1 Å². The first kappa shape index (κ1) is 13.7. The second-order valence-corrected chi connectivity index (χ2v) is 5.68. The summed E-state index contributed by atoms with van der Waals surface area (Å²) in [5.41, 5.74) is 1.28. The minimum absolute atomic E-state index is 0.159. The molecule has 0 saturated heterocycles. The second kappa shape index (κ2) is 5.95. The summed E-state index contributed by atoms with van der Waals surface area (Å²) in [5.74, 6) is -0.898. The number of aryl methyl sites for hydroxylation is 1. The molecule has 0 bridgehead atoms. The van der Waals surface area contributed by atoms with E-state index in [-0.39, 0.29) is 6.04 Å². The predicted molar refractivity (Wildman–Crippen MR) is 75.5 cm³/mol. The number of thiazole rings is 1. The summed E-state index contributed by atoms with van der Waals surface area (Å²) in [7, 11) is 0. The molecule has 0 aliphatic heterocycles. The third kappa shape index (κ3) is 3.62. The third-order valence-electron chi connectivity index (χ3n) is 2.80. The van der Waals surface area contributed by atoms with Crippen LogP contribution in [0.2, 0.25) is 0 Å². The zero-order valence-electron chi connectivity index (χ0n) is 10.9. The molecule has 1 atom stereocenters. The summed E-state index contributed by atoms with van der Waals surface area (Å²) >= 11 is 1.67. The van der Waals surface area contributed by atoms with Crippen LogP contribution in [0.15, 0.2) is 30.5 Å². The van der Waals surface area contributed by atoms with Gasteiger partial charge in [0.15, 0.2) is 0 Å². The summed E-state index contributed by atoms with van der Waals surface area (Å²) in [6.45, 7) is 4.71. The standard InChI is InChI=1S/C14H16N2O2S/c1-9-7-16-13(19-9)10(2)15-8-11-4-3-5-12(6-11)14(17)18/h3-7,10,15H,8H2,1-2H3,(H,17,18). The zero-order chi connectivity index (χ0) is 13.8. The van der Waals surface area contributed by atoms with E-state index in [0.717, 1.165) is 10.6 Å². The molecule has 100 valence electrons. The molecule has 0 spiro atoms. The molecule has 0 aliphatic carbocycles. The maximum Gasteiger partial charge on any atom is 0.335 e. The summed E-state index contributed by atoms with van der Waals surface area (Å²) in [6, 6.07) is 7.12. The maximum absolute atomic E-state index is 10.9. The van der Waals surface area contributed by atoms with Gasteiger partial charge >= 0.3 is 5.97 Å². The van der Waals surface area contributed by atoms with E-state index in [9.17, 15) is 4.79 Å². The molecule has 2 aromatic rings. The highest BCUT2D eigenvalue weighted by Crippen LogP contribution is 2.19. The van der Waals surface area contributed by atoms with E-state index in [1.54, 1.807) is 29.5 Å². The Morgan fingerprint density at radius 2 is 2.32 bits per heavy atom. The Hall–Kier alpha value is -1.72. The smallest absolute Gasteiger partial charge is 0.335 e. The van der Waals surface area contributed by atoms with Crippen molar-refractivity contribution in [1.82, 2.24) is 10.3 Å². The van der Waals surface area contributed by atoms with Gasteiger partial charge in [0, 0.05) is 17.6 Å². The highest BCUT2D eigenvalue weighted by molar-refractivity contribution is 7.11. The number of hydrogen-bond acceptors (Lipinski definition) is 4. The van der Waals surface area contributed by atoms with Crippen LogP contribution in [0.5, 0.6) is 0 Å². The molecule has 1 unspecified atom stereocenters. The minimum Gasteiger partial charge on any atom is -0.478 e. The lowest BCUT2D eigenvalue weighted by atomic mass is 10.1. The number of nitrogens with one attached hydrogen (secondary N) is 1. The molecular weight excluding hydrogens is 260 g/mol. The highest BCUT2D eigenvalue weighted by atomic mass is 32.1. The van der Waals surface area contributed by atoms with Crippen molar-refractivity contribution in [2.24, 2.45) is 0 Å². The molecule has 0 radical (unpaired) electrons. The van der Waals surface area contributed by atoms with Crippen molar-refractivity contribution in [1.29, 1.82) is 0 Å². The van der Waals surface area contributed by atoms with Crippen molar-refractivity contribution in [3.05, 3.63) is 51.5 Å². The molecule has 0 saturated carbocycles. The van der Waals surface area contributed by atoms with Gasteiger partial charge in [0.05, 0.1) is 11.6 Å². The Morgan fingerprint density at radius 3 is 2.95 bits per heavy atom. The Labute approximate surface area is 116 Å². The Balaban J connectivity index is 1.98. The monoisotopic (exact) mass is 276 g/mol. The molecule has 1 heterocycles. The molecule has 19 heavy (non-hydrogen) atoms. The Morgan fingerprint density at radius 1 is 1.53 bits per heavy atom. The van der Waals surface area contributed by atoms with Gasteiger partial charge in [0.2, 0.25) is 0 Å². The van der Waals surface area contributed by atoms with Crippen LogP contribution in [0.4, 0.5) is 0 Å². The molecule has 1 aromatic carbocycles. The van der Waals surface area contributed by atoms with Gasteiger partial charge in [-0.25, -0.2) is 9.78 Å². The first-order valence-corrected chi connectivity index (χ1v) is 6.86. The van der Waals surface area contributed by atoms with Crippen molar-refractivity contribution in [3.8, 4) is 0 Å². The van der Waals surface area contributed by atoms with Crippen LogP contribution in [0.25, 0.3) is 0 Å². The van der Waals surface area contributed by atoms with Crippen LogP contribution in [0.1, 0.15) is 38.8 Å². The van der Waals surface area contributed by atoms with Gasteiger partial charge in [0.1, 0.15) is 5.01 Å². The van der Waals surface area contributed by atoms with Crippen molar-refractivity contribution in [2.45, 2.75) is 26.4 Å². The topological polar surface area (TPSA) is 62.2 Å². The number of rotatable bonds is 5. The van der Waals surface area contributed by atoms with Crippen LogP contribution < -0.4 is 5.32 Å². The lowest BCUT2D eigenvalue weighted by Gasteiger charge is -2.11. The molecule has 0 fully saturated rings. The fourth-order valence-electron chi connectivity index (χ4n) is 1.74. The van der Waals surface area contributed by atoms with Gasteiger partial charge in [-0.1, -0.05) is 12.1 Å². The Kier molecular flexibility index (Phi) is 4.29. The van der Waals surface area contributed by atoms with E-state index in [2.05, 4.69) is 17.2 Å². The first-order chi connectivity index (χ1) is 9.06. The fourth-order valence-corrected chi connectivity index (χ4v) is 2.55. The van der Waals surface area contributed by atoms with Crippen molar-refractivity contribution in [3.63, 3.8) is 0 Å². The molecule has 0 amide bonds. The van der Waals surface area contributed by atoms with E-state index in [1.165, 1.54) is 4.88 Å². The second-order valence-electron chi connectivity index (χ2n) is 4.42. The van der Waals surface area contributed by atoms with Crippen LogP contribution in [-0.2, 0) is 6.54 Å². The average molecular weight is 276 g/mol. The molecule has 4 nitrogen and oxygen atoms in total. The van der Waals surface area contributed by atoms with Gasteiger partial charge in [-0.15, -0.1) is 11.3 Å². The highest BCUT2D eigenvalue weighted by Gasteiger charge is 2.09. The average Bonchev–Trinajstić information content (AvgIpc) is 2.83. The fraction of sp³-hybridized carbons (Fsp3) is 0.286. The molecule has 1 aromatic heterocycles. The molecular formula is C14H16N2O2S. The predicted octanol–water partition coefficient (Wildman–Crippen LogP) is 3.00. The normalized spacial score (nSPS) is 12.3. The van der Waals surface area contributed by atoms with Crippen LogP contribution >= 0.6 is 11.3 Å². The molecule has 2 N–H and O–H groups in total. The van der Waals surface area contributed by atoms with E-state index >= 15 is 0 Å². The maximum atomic E-state index is 10.9. The number of aromatic nitrogens is 1. The summed E-state index contributed by atoms with van der Waals surface area (Å²) in [5, 5.41) is 13.3. The quantitative estimate of drug-likeness (QED) is 0.881. The molecule has 0 aliphatic rings.